The van der Waals surface area contributed by atoms with Crippen LogP contribution in [0.3, 0.4) is 0 Å². The Morgan fingerprint density at radius 1 is 1.33 bits per heavy atom. The van der Waals surface area contributed by atoms with E-state index in [2.05, 4.69) is 11.0 Å². The predicted molar refractivity (Wildman–Crippen MR) is 90.7 cm³/mol. The van der Waals surface area contributed by atoms with Crippen molar-refractivity contribution in [1.82, 2.24) is 9.80 Å². The van der Waals surface area contributed by atoms with Gasteiger partial charge in [0.2, 0.25) is 0 Å². The van der Waals surface area contributed by atoms with E-state index in [0.29, 0.717) is 19.5 Å². The molecule has 130 valence electrons. The molecular formula is C18H25N3O3. The molecule has 24 heavy (non-hydrogen) atoms. The van der Waals surface area contributed by atoms with Gasteiger partial charge in [-0.2, -0.15) is 5.26 Å². The summed E-state index contributed by atoms with van der Waals surface area (Å²) in [6, 6.07) is 9.74. The smallest absolute Gasteiger partial charge is 0.260 e. The second-order valence-corrected chi connectivity index (χ2v) is 5.80. The van der Waals surface area contributed by atoms with Gasteiger partial charge < -0.3 is 14.4 Å². The second-order valence-electron chi connectivity index (χ2n) is 5.80. The second kappa shape index (κ2) is 9.91. The summed E-state index contributed by atoms with van der Waals surface area (Å²) in [6.45, 7) is 7.05. The number of hydrogen-bond donors (Lipinski definition) is 0. The highest BCUT2D eigenvalue weighted by molar-refractivity contribution is 5.77. The maximum atomic E-state index is 12.5. The van der Waals surface area contributed by atoms with Crippen LogP contribution in [-0.2, 0) is 9.53 Å². The molecule has 6 heteroatoms. The van der Waals surface area contributed by atoms with Gasteiger partial charge in [0.25, 0.3) is 5.91 Å². The average Bonchev–Trinajstić information content (AvgIpc) is 2.62. The van der Waals surface area contributed by atoms with Crippen molar-refractivity contribution < 1.29 is 14.3 Å². The largest absolute Gasteiger partial charge is 0.484 e. The van der Waals surface area contributed by atoms with Crippen LogP contribution in [0.4, 0.5) is 0 Å². The lowest BCUT2D eigenvalue weighted by atomic mass is 10.2. The number of nitrogens with zero attached hydrogens (tertiary/aromatic N) is 3. The fourth-order valence-corrected chi connectivity index (χ4v) is 2.58. The van der Waals surface area contributed by atoms with Gasteiger partial charge in [-0.25, -0.2) is 0 Å². The number of para-hydroxylation sites is 1. The number of benzene rings is 1. The molecule has 1 aromatic carbocycles. The molecule has 1 heterocycles. The molecule has 0 atom stereocenters. The van der Waals surface area contributed by atoms with Gasteiger partial charge in [0, 0.05) is 32.7 Å². The molecule has 1 fully saturated rings. The van der Waals surface area contributed by atoms with Crippen LogP contribution in [0, 0.1) is 18.3 Å². The molecule has 0 saturated carbocycles. The Morgan fingerprint density at radius 3 is 2.79 bits per heavy atom. The number of amides is 1. The normalized spacial score (nSPS) is 14.8. The van der Waals surface area contributed by atoms with Crippen molar-refractivity contribution >= 4 is 5.91 Å². The van der Waals surface area contributed by atoms with Gasteiger partial charge >= 0.3 is 0 Å². The van der Waals surface area contributed by atoms with Crippen LogP contribution >= 0.6 is 0 Å². The number of hydrogen-bond acceptors (Lipinski definition) is 5. The number of aryl methyl sites for hydroxylation is 1. The summed E-state index contributed by atoms with van der Waals surface area (Å²) >= 11 is 0. The molecule has 0 N–H and O–H groups in total. The van der Waals surface area contributed by atoms with E-state index < -0.39 is 0 Å². The Labute approximate surface area is 143 Å². The Hall–Kier alpha value is -2.10. The van der Waals surface area contributed by atoms with Gasteiger partial charge in [-0.3, -0.25) is 9.69 Å². The molecule has 2 rings (SSSR count). The maximum Gasteiger partial charge on any atom is 0.260 e. The highest BCUT2D eigenvalue weighted by Gasteiger charge is 2.17. The molecule has 1 aromatic rings. The molecule has 6 nitrogen and oxygen atoms in total. The average molecular weight is 331 g/mol. The van der Waals surface area contributed by atoms with E-state index in [1.54, 1.807) is 4.90 Å². The van der Waals surface area contributed by atoms with Crippen LogP contribution in [0.15, 0.2) is 24.3 Å². The monoisotopic (exact) mass is 331 g/mol. The molecule has 0 aliphatic carbocycles. The fourth-order valence-electron chi connectivity index (χ4n) is 2.58. The third kappa shape index (κ3) is 5.84. The predicted octanol–water partition coefficient (Wildman–Crippen LogP) is 1.45. The number of ether oxygens (including phenoxy) is 2. The highest BCUT2D eigenvalue weighted by Crippen LogP contribution is 2.16. The molecule has 0 radical (unpaired) electrons. The van der Waals surface area contributed by atoms with Gasteiger partial charge in [-0.05, 0) is 18.6 Å². The summed E-state index contributed by atoms with van der Waals surface area (Å²) < 4.78 is 11.0. The van der Waals surface area contributed by atoms with Gasteiger partial charge in [-0.15, -0.1) is 0 Å². The quantitative estimate of drug-likeness (QED) is 0.721. The van der Waals surface area contributed by atoms with Crippen LogP contribution in [0.5, 0.6) is 5.75 Å². The van der Waals surface area contributed by atoms with Crippen LogP contribution < -0.4 is 4.74 Å². The first-order valence-corrected chi connectivity index (χ1v) is 8.34. The van der Waals surface area contributed by atoms with E-state index in [-0.39, 0.29) is 12.5 Å². The first kappa shape index (κ1) is 18.2. The Morgan fingerprint density at radius 2 is 2.08 bits per heavy atom. The third-order valence-electron chi connectivity index (χ3n) is 4.08. The first-order chi connectivity index (χ1) is 11.7. The van der Waals surface area contributed by atoms with Gasteiger partial charge in [-0.1, -0.05) is 18.2 Å². The van der Waals surface area contributed by atoms with E-state index in [9.17, 15) is 4.79 Å². The van der Waals surface area contributed by atoms with Crippen molar-refractivity contribution in [2.45, 2.75) is 13.3 Å². The van der Waals surface area contributed by atoms with Crippen LogP contribution in [-0.4, -0.2) is 68.3 Å². The molecule has 1 aliphatic rings. The van der Waals surface area contributed by atoms with Crippen LogP contribution in [0.2, 0.25) is 0 Å². The van der Waals surface area contributed by atoms with E-state index >= 15 is 0 Å². The standard InChI is InChI=1S/C18H25N3O3/c1-16-5-2-3-6-17(16)24-15-18(22)21(8-4-7-19)10-9-20-11-13-23-14-12-20/h2-3,5-6H,4,8-15H2,1H3. The van der Waals surface area contributed by atoms with E-state index in [1.807, 2.05) is 31.2 Å². The third-order valence-corrected chi connectivity index (χ3v) is 4.08. The molecule has 0 unspecified atom stereocenters. The van der Waals surface area contributed by atoms with E-state index in [4.69, 9.17) is 14.7 Å². The Bertz CT molecular complexity index is 565. The van der Waals surface area contributed by atoms with Gasteiger partial charge in [0.1, 0.15) is 5.75 Å². The van der Waals surface area contributed by atoms with Gasteiger partial charge in [0.15, 0.2) is 6.61 Å². The number of rotatable bonds is 8. The summed E-state index contributed by atoms with van der Waals surface area (Å²) in [7, 11) is 0. The minimum absolute atomic E-state index is 0.000602. The summed E-state index contributed by atoms with van der Waals surface area (Å²) in [5.74, 6) is 0.640. The Balaban J connectivity index is 1.84. The fraction of sp³-hybridized carbons (Fsp3) is 0.556. The minimum Gasteiger partial charge on any atom is -0.484 e. The summed E-state index contributed by atoms with van der Waals surface area (Å²) in [5, 5.41) is 8.81. The molecular weight excluding hydrogens is 306 g/mol. The summed E-state index contributed by atoms with van der Waals surface area (Å²) in [6.07, 6.45) is 0.333. The zero-order valence-electron chi connectivity index (χ0n) is 14.2. The highest BCUT2D eigenvalue weighted by atomic mass is 16.5. The van der Waals surface area contributed by atoms with Crippen molar-refractivity contribution in [3.8, 4) is 11.8 Å². The van der Waals surface area contributed by atoms with Gasteiger partial charge in [0.05, 0.1) is 25.7 Å². The molecule has 1 aliphatic heterocycles. The maximum absolute atomic E-state index is 12.5. The molecule has 1 saturated heterocycles. The summed E-state index contributed by atoms with van der Waals surface area (Å²) in [5.41, 5.74) is 1.00. The molecule has 0 spiro atoms. The lowest BCUT2D eigenvalue weighted by molar-refractivity contribution is -0.133. The van der Waals surface area contributed by atoms with E-state index in [0.717, 1.165) is 44.2 Å². The number of carbonyl (C=O) groups excluding carboxylic acids is 1. The van der Waals surface area contributed by atoms with Crippen molar-refractivity contribution in [2.24, 2.45) is 0 Å². The first-order valence-electron chi connectivity index (χ1n) is 8.34. The number of morpholine rings is 1. The number of carbonyl (C=O) groups is 1. The van der Waals surface area contributed by atoms with Crippen molar-refractivity contribution in [2.75, 3.05) is 52.5 Å². The molecule has 0 bridgehead atoms. The van der Waals surface area contributed by atoms with Crippen LogP contribution in [0.1, 0.15) is 12.0 Å². The van der Waals surface area contributed by atoms with Crippen molar-refractivity contribution in [3.05, 3.63) is 29.8 Å². The van der Waals surface area contributed by atoms with E-state index in [1.165, 1.54) is 0 Å². The topological polar surface area (TPSA) is 65.8 Å². The Kier molecular flexibility index (Phi) is 7.53. The lowest BCUT2D eigenvalue weighted by Gasteiger charge is -2.29. The van der Waals surface area contributed by atoms with Crippen molar-refractivity contribution in [3.63, 3.8) is 0 Å². The number of nitriles is 1. The zero-order chi connectivity index (χ0) is 17.2. The zero-order valence-corrected chi connectivity index (χ0v) is 14.2. The van der Waals surface area contributed by atoms with Crippen LogP contribution in [0.25, 0.3) is 0 Å². The molecule has 0 aromatic heterocycles. The minimum atomic E-state index is -0.0817. The molecule has 1 amide bonds. The SMILES string of the molecule is Cc1ccccc1OCC(=O)N(CCC#N)CCN1CCOCC1. The van der Waals surface area contributed by atoms with Crippen molar-refractivity contribution in [1.29, 1.82) is 5.26 Å². The lowest BCUT2D eigenvalue weighted by Crippen LogP contribution is -2.44. The summed E-state index contributed by atoms with van der Waals surface area (Å²) in [4.78, 5) is 16.5.